The van der Waals surface area contributed by atoms with Gasteiger partial charge < -0.3 is 14.9 Å². The SMILES string of the molecule is COC(=O)NCc1cc(C(C)=NOCCc2cccc(C)n2)ccc1Cl. The monoisotopic (exact) mass is 375 g/mol. The van der Waals surface area contributed by atoms with Crippen molar-refractivity contribution in [3.8, 4) is 0 Å². The first-order valence-corrected chi connectivity index (χ1v) is 8.57. The maximum absolute atomic E-state index is 11.2. The summed E-state index contributed by atoms with van der Waals surface area (Å²) in [5, 5.41) is 7.31. The van der Waals surface area contributed by atoms with E-state index >= 15 is 0 Å². The van der Waals surface area contributed by atoms with Gasteiger partial charge in [-0.1, -0.05) is 28.9 Å². The molecule has 0 aliphatic rings. The number of hydrogen-bond donors (Lipinski definition) is 1. The number of aryl methyl sites for hydroxylation is 1. The second-order valence-corrected chi connectivity index (χ2v) is 6.09. The second kappa shape index (κ2) is 9.77. The van der Waals surface area contributed by atoms with Gasteiger partial charge in [0, 0.05) is 29.4 Å². The van der Waals surface area contributed by atoms with Crippen LogP contribution in [0.1, 0.15) is 29.4 Å². The zero-order valence-corrected chi connectivity index (χ0v) is 15.8. The molecule has 0 aliphatic heterocycles. The number of methoxy groups -OCH3 is 1. The highest BCUT2D eigenvalue weighted by Gasteiger charge is 2.07. The molecule has 0 unspecified atom stereocenters. The molecule has 0 aliphatic carbocycles. The molecule has 1 aromatic heterocycles. The van der Waals surface area contributed by atoms with E-state index in [2.05, 4.69) is 20.2 Å². The van der Waals surface area contributed by atoms with Gasteiger partial charge in [0.05, 0.1) is 12.8 Å². The summed E-state index contributed by atoms with van der Waals surface area (Å²) in [6.45, 7) is 4.52. The molecule has 0 radical (unpaired) electrons. The van der Waals surface area contributed by atoms with Crippen molar-refractivity contribution in [1.82, 2.24) is 10.3 Å². The minimum atomic E-state index is -0.509. The molecule has 2 rings (SSSR count). The molecule has 0 atom stereocenters. The number of rotatable bonds is 7. The highest BCUT2D eigenvalue weighted by molar-refractivity contribution is 6.31. The van der Waals surface area contributed by atoms with Crippen LogP contribution in [0.3, 0.4) is 0 Å². The number of carbonyl (C=O) groups is 1. The Morgan fingerprint density at radius 3 is 2.85 bits per heavy atom. The number of hydrogen-bond acceptors (Lipinski definition) is 5. The fourth-order valence-electron chi connectivity index (χ4n) is 2.26. The third kappa shape index (κ3) is 6.04. The van der Waals surface area contributed by atoms with Crippen LogP contribution >= 0.6 is 11.6 Å². The average molecular weight is 376 g/mol. The molecule has 138 valence electrons. The van der Waals surface area contributed by atoms with Crippen molar-refractivity contribution in [2.75, 3.05) is 13.7 Å². The lowest BCUT2D eigenvalue weighted by molar-refractivity contribution is 0.147. The minimum absolute atomic E-state index is 0.270. The molecule has 6 nitrogen and oxygen atoms in total. The topological polar surface area (TPSA) is 72.8 Å². The molecule has 2 aromatic rings. The summed E-state index contributed by atoms with van der Waals surface area (Å²) in [5.74, 6) is 0. The number of amides is 1. The predicted octanol–water partition coefficient (Wildman–Crippen LogP) is 3.88. The van der Waals surface area contributed by atoms with E-state index < -0.39 is 6.09 Å². The fraction of sp³-hybridized carbons (Fsp3) is 0.316. The van der Waals surface area contributed by atoms with Crippen LogP contribution in [0.25, 0.3) is 0 Å². The van der Waals surface area contributed by atoms with Crippen molar-refractivity contribution in [3.05, 3.63) is 63.9 Å². The normalized spacial score (nSPS) is 11.2. The third-order valence-electron chi connectivity index (χ3n) is 3.67. The molecule has 0 fully saturated rings. The van der Waals surface area contributed by atoms with Gasteiger partial charge in [0.15, 0.2) is 0 Å². The molecule has 1 aromatic carbocycles. The van der Waals surface area contributed by atoms with Crippen molar-refractivity contribution < 1.29 is 14.4 Å². The van der Waals surface area contributed by atoms with E-state index in [1.165, 1.54) is 7.11 Å². The standard InChI is InChI=1S/C19H22ClN3O3/c1-13-5-4-6-17(22-13)9-10-26-23-14(2)15-7-8-18(20)16(11-15)12-21-19(24)25-3/h4-8,11H,9-10,12H2,1-3H3,(H,21,24). The van der Waals surface area contributed by atoms with Crippen LogP contribution in [0.2, 0.25) is 5.02 Å². The first-order chi connectivity index (χ1) is 12.5. The summed E-state index contributed by atoms with van der Waals surface area (Å²) in [4.78, 5) is 21.0. The van der Waals surface area contributed by atoms with E-state index in [1.54, 1.807) is 6.07 Å². The highest BCUT2D eigenvalue weighted by Crippen LogP contribution is 2.18. The lowest BCUT2D eigenvalue weighted by Gasteiger charge is -2.09. The predicted molar refractivity (Wildman–Crippen MR) is 102 cm³/mol. The van der Waals surface area contributed by atoms with E-state index in [1.807, 2.05) is 44.2 Å². The molecule has 0 saturated heterocycles. The number of aromatic nitrogens is 1. The number of alkyl carbamates (subject to hydrolysis) is 1. The zero-order chi connectivity index (χ0) is 18.9. The lowest BCUT2D eigenvalue weighted by Crippen LogP contribution is -2.22. The van der Waals surface area contributed by atoms with Gasteiger partial charge in [-0.05, 0) is 49.2 Å². The number of pyridine rings is 1. The van der Waals surface area contributed by atoms with Gasteiger partial charge in [-0.25, -0.2) is 4.79 Å². The van der Waals surface area contributed by atoms with Crippen LogP contribution in [-0.4, -0.2) is 30.5 Å². The molecule has 1 heterocycles. The quantitative estimate of drug-likeness (QED) is 0.452. The third-order valence-corrected chi connectivity index (χ3v) is 4.04. The zero-order valence-electron chi connectivity index (χ0n) is 15.1. The number of oxime groups is 1. The molecule has 7 heteroatoms. The Hall–Kier alpha value is -2.60. The Morgan fingerprint density at radius 1 is 1.31 bits per heavy atom. The molecule has 0 spiro atoms. The Balaban J connectivity index is 1.94. The fourth-order valence-corrected chi connectivity index (χ4v) is 2.44. The highest BCUT2D eigenvalue weighted by atomic mass is 35.5. The van der Waals surface area contributed by atoms with Crippen molar-refractivity contribution in [2.24, 2.45) is 5.16 Å². The maximum Gasteiger partial charge on any atom is 0.407 e. The van der Waals surface area contributed by atoms with Crippen molar-refractivity contribution in [3.63, 3.8) is 0 Å². The summed E-state index contributed by atoms with van der Waals surface area (Å²) in [7, 11) is 1.31. The van der Waals surface area contributed by atoms with Crippen LogP contribution < -0.4 is 5.32 Å². The van der Waals surface area contributed by atoms with E-state index in [9.17, 15) is 4.79 Å². The smallest absolute Gasteiger partial charge is 0.407 e. The van der Waals surface area contributed by atoms with Gasteiger partial charge in [-0.15, -0.1) is 0 Å². The van der Waals surface area contributed by atoms with E-state index in [0.29, 0.717) is 18.1 Å². The van der Waals surface area contributed by atoms with E-state index in [-0.39, 0.29) is 6.54 Å². The van der Waals surface area contributed by atoms with Crippen LogP contribution in [-0.2, 0) is 22.5 Å². The van der Waals surface area contributed by atoms with Gasteiger partial charge in [-0.2, -0.15) is 0 Å². The maximum atomic E-state index is 11.2. The second-order valence-electron chi connectivity index (χ2n) is 5.68. The molecule has 0 bridgehead atoms. The summed E-state index contributed by atoms with van der Waals surface area (Å²) in [6.07, 6.45) is 0.179. The Bertz CT molecular complexity index is 793. The molecular weight excluding hydrogens is 354 g/mol. The van der Waals surface area contributed by atoms with Gasteiger partial charge in [-0.3, -0.25) is 4.98 Å². The molecular formula is C19H22ClN3O3. The van der Waals surface area contributed by atoms with Crippen LogP contribution in [0.4, 0.5) is 4.79 Å². The van der Waals surface area contributed by atoms with Gasteiger partial charge >= 0.3 is 6.09 Å². The summed E-state index contributed by atoms with van der Waals surface area (Å²) in [5.41, 5.74) is 4.31. The minimum Gasteiger partial charge on any atom is -0.453 e. The van der Waals surface area contributed by atoms with Crippen LogP contribution in [0.15, 0.2) is 41.6 Å². The Labute approximate surface area is 158 Å². The lowest BCUT2D eigenvalue weighted by atomic mass is 10.1. The summed E-state index contributed by atoms with van der Waals surface area (Å²) < 4.78 is 4.56. The van der Waals surface area contributed by atoms with Crippen molar-refractivity contribution in [2.45, 2.75) is 26.8 Å². The largest absolute Gasteiger partial charge is 0.453 e. The van der Waals surface area contributed by atoms with Crippen molar-refractivity contribution >= 4 is 23.4 Å². The summed E-state index contributed by atoms with van der Waals surface area (Å²) in [6, 6.07) is 11.4. The van der Waals surface area contributed by atoms with Gasteiger partial charge in [0.1, 0.15) is 6.61 Å². The first-order valence-electron chi connectivity index (χ1n) is 8.19. The number of halogens is 1. The van der Waals surface area contributed by atoms with Crippen LogP contribution in [0.5, 0.6) is 0 Å². The van der Waals surface area contributed by atoms with Gasteiger partial charge in [0.2, 0.25) is 0 Å². The number of benzene rings is 1. The number of nitrogens with one attached hydrogen (secondary N) is 1. The Morgan fingerprint density at radius 2 is 2.12 bits per heavy atom. The molecule has 1 N–H and O–H groups in total. The summed E-state index contributed by atoms with van der Waals surface area (Å²) >= 11 is 6.16. The molecule has 26 heavy (non-hydrogen) atoms. The number of ether oxygens (including phenoxy) is 1. The van der Waals surface area contributed by atoms with E-state index in [4.69, 9.17) is 16.4 Å². The molecule has 0 saturated carbocycles. The molecule has 1 amide bonds. The van der Waals surface area contributed by atoms with Gasteiger partial charge in [0.25, 0.3) is 0 Å². The number of nitrogens with zero attached hydrogens (tertiary/aromatic N) is 2. The average Bonchev–Trinajstić information content (AvgIpc) is 2.64. The Kier molecular flexibility index (Phi) is 7.41. The van der Waals surface area contributed by atoms with Crippen molar-refractivity contribution in [1.29, 1.82) is 0 Å². The number of carbonyl (C=O) groups excluding carboxylic acids is 1. The van der Waals surface area contributed by atoms with Crippen LogP contribution in [0, 0.1) is 6.92 Å². The first kappa shape index (κ1) is 19.7. The van der Waals surface area contributed by atoms with E-state index in [0.717, 1.165) is 28.2 Å².